The lowest BCUT2D eigenvalue weighted by Gasteiger charge is -2.34. The van der Waals surface area contributed by atoms with E-state index in [0.717, 1.165) is 44.2 Å². The van der Waals surface area contributed by atoms with E-state index in [1.54, 1.807) is 0 Å². The maximum Gasteiger partial charge on any atom is 0.194 e. The van der Waals surface area contributed by atoms with E-state index in [0.29, 0.717) is 6.54 Å². The number of nitrogens with one attached hydrogen (secondary N) is 1. The minimum Gasteiger partial charge on any atom is -0.490 e. The van der Waals surface area contributed by atoms with E-state index in [2.05, 4.69) is 28.1 Å². The Hall–Kier alpha value is -2.15. The van der Waals surface area contributed by atoms with Crippen LogP contribution in [0.3, 0.4) is 0 Å². The second kappa shape index (κ2) is 8.21. The molecule has 1 aromatic rings. The van der Waals surface area contributed by atoms with Crippen LogP contribution < -0.4 is 10.1 Å². The number of likely N-dealkylation sites (tertiary alicyclic amines) is 1. The predicted molar refractivity (Wildman–Crippen MR) is 86.5 cm³/mol. The van der Waals surface area contributed by atoms with Gasteiger partial charge in [0, 0.05) is 32.5 Å². The van der Waals surface area contributed by atoms with Crippen molar-refractivity contribution in [3.05, 3.63) is 30.3 Å². The van der Waals surface area contributed by atoms with E-state index in [1.807, 2.05) is 30.3 Å². The molecule has 0 saturated carbocycles. The largest absolute Gasteiger partial charge is 0.490 e. The Morgan fingerprint density at radius 2 is 2.10 bits per heavy atom. The average Bonchev–Trinajstić information content (AvgIpc) is 2.53. The van der Waals surface area contributed by atoms with Crippen molar-refractivity contribution in [1.82, 2.24) is 10.2 Å². The third-order valence-corrected chi connectivity index (χ3v) is 3.44. The highest BCUT2D eigenvalue weighted by molar-refractivity contribution is 5.80. The van der Waals surface area contributed by atoms with Gasteiger partial charge in [-0.25, -0.2) is 4.99 Å². The molecule has 0 atom stereocenters. The van der Waals surface area contributed by atoms with Crippen LogP contribution in [0.2, 0.25) is 0 Å². The second-order valence-electron chi connectivity index (χ2n) is 4.99. The zero-order valence-electron chi connectivity index (χ0n) is 12.6. The van der Waals surface area contributed by atoms with E-state index < -0.39 is 0 Å². The van der Waals surface area contributed by atoms with Gasteiger partial charge in [0.15, 0.2) is 5.96 Å². The third kappa shape index (κ3) is 4.71. The molecule has 1 heterocycles. The van der Waals surface area contributed by atoms with Gasteiger partial charge in [-0.1, -0.05) is 24.1 Å². The molecule has 1 N–H and O–H groups in total. The van der Waals surface area contributed by atoms with E-state index in [4.69, 9.17) is 11.2 Å². The number of para-hydroxylation sites is 1. The van der Waals surface area contributed by atoms with Crippen LogP contribution in [0.5, 0.6) is 5.75 Å². The van der Waals surface area contributed by atoms with Crippen LogP contribution in [0, 0.1) is 12.3 Å². The molecule has 1 saturated heterocycles. The fraction of sp³-hybridized carbons (Fsp3) is 0.471. The average molecular weight is 285 g/mol. The topological polar surface area (TPSA) is 36.9 Å². The second-order valence-corrected chi connectivity index (χ2v) is 4.99. The molecule has 4 heteroatoms. The summed E-state index contributed by atoms with van der Waals surface area (Å²) in [6.07, 6.45) is 7.55. The molecule has 112 valence electrons. The zero-order valence-corrected chi connectivity index (χ0v) is 12.6. The first-order valence-corrected chi connectivity index (χ1v) is 7.52. The van der Waals surface area contributed by atoms with Gasteiger partial charge in [0.1, 0.15) is 18.4 Å². The van der Waals surface area contributed by atoms with Crippen LogP contribution in [0.25, 0.3) is 0 Å². The molecular weight excluding hydrogens is 262 g/mol. The number of piperidine rings is 1. The van der Waals surface area contributed by atoms with E-state index in [9.17, 15) is 0 Å². The van der Waals surface area contributed by atoms with Crippen molar-refractivity contribution < 1.29 is 4.74 Å². The van der Waals surface area contributed by atoms with Gasteiger partial charge in [-0.15, -0.1) is 6.42 Å². The molecule has 0 amide bonds. The first kappa shape index (κ1) is 15.2. The fourth-order valence-corrected chi connectivity index (χ4v) is 2.42. The van der Waals surface area contributed by atoms with Crippen LogP contribution in [0.4, 0.5) is 0 Å². The number of benzene rings is 1. The smallest absolute Gasteiger partial charge is 0.194 e. The highest BCUT2D eigenvalue weighted by atomic mass is 16.5. The van der Waals surface area contributed by atoms with Crippen molar-refractivity contribution in [1.29, 1.82) is 0 Å². The maximum absolute atomic E-state index is 6.01. The fourth-order valence-electron chi connectivity index (χ4n) is 2.42. The summed E-state index contributed by atoms with van der Waals surface area (Å²) in [5.74, 6) is 4.42. The summed E-state index contributed by atoms with van der Waals surface area (Å²) in [5.41, 5.74) is 0. The van der Waals surface area contributed by atoms with Crippen LogP contribution in [-0.2, 0) is 0 Å². The Kier molecular flexibility index (Phi) is 5.96. The lowest BCUT2D eigenvalue weighted by Crippen LogP contribution is -2.47. The number of hydrogen-bond acceptors (Lipinski definition) is 2. The number of aliphatic imine (C=N–C) groups is 1. The molecule has 0 aromatic heterocycles. The third-order valence-electron chi connectivity index (χ3n) is 3.44. The molecule has 21 heavy (non-hydrogen) atoms. The molecule has 0 radical (unpaired) electrons. The van der Waals surface area contributed by atoms with Crippen molar-refractivity contribution in [2.24, 2.45) is 4.99 Å². The highest BCUT2D eigenvalue weighted by Gasteiger charge is 2.22. The molecular formula is C17H23N3O. The minimum absolute atomic E-state index is 0.277. The van der Waals surface area contributed by atoms with Gasteiger partial charge in [0.25, 0.3) is 0 Å². The molecule has 0 bridgehead atoms. The molecule has 1 fully saturated rings. The lowest BCUT2D eigenvalue weighted by molar-refractivity contribution is 0.129. The van der Waals surface area contributed by atoms with Gasteiger partial charge >= 0.3 is 0 Å². The lowest BCUT2D eigenvalue weighted by atomic mass is 10.1. The Morgan fingerprint density at radius 3 is 2.71 bits per heavy atom. The number of ether oxygens (including phenoxy) is 1. The van der Waals surface area contributed by atoms with E-state index in [-0.39, 0.29) is 6.10 Å². The number of nitrogens with zero attached hydrogens (tertiary/aromatic N) is 2. The summed E-state index contributed by atoms with van der Waals surface area (Å²) in [6.45, 7) is 5.21. The number of terminal acetylenes is 1. The standard InChI is InChI=1S/C17H23N3O/c1-3-12-19-17(18-4-2)20-13-10-16(11-14-20)21-15-8-6-5-7-9-15/h1,5-9,16H,4,10-14H2,2H3,(H,18,19). The Bertz CT molecular complexity index is 485. The van der Waals surface area contributed by atoms with Crippen LogP contribution in [0.1, 0.15) is 19.8 Å². The van der Waals surface area contributed by atoms with Gasteiger partial charge in [0.2, 0.25) is 0 Å². The summed E-state index contributed by atoms with van der Waals surface area (Å²) in [4.78, 5) is 6.67. The molecule has 4 nitrogen and oxygen atoms in total. The van der Waals surface area contributed by atoms with E-state index in [1.165, 1.54) is 0 Å². The summed E-state index contributed by atoms with van der Waals surface area (Å²) < 4.78 is 6.01. The summed E-state index contributed by atoms with van der Waals surface area (Å²) in [7, 11) is 0. The Labute approximate surface area is 127 Å². The zero-order chi connectivity index (χ0) is 14.9. The predicted octanol–water partition coefficient (Wildman–Crippen LogP) is 2.13. The van der Waals surface area contributed by atoms with Gasteiger partial charge in [0.05, 0.1) is 0 Å². The van der Waals surface area contributed by atoms with E-state index >= 15 is 0 Å². The molecule has 0 unspecified atom stereocenters. The van der Waals surface area contributed by atoms with Crippen molar-refractivity contribution in [3.63, 3.8) is 0 Å². The monoisotopic (exact) mass is 285 g/mol. The van der Waals surface area contributed by atoms with Gasteiger partial charge in [-0.3, -0.25) is 0 Å². The molecule has 2 rings (SSSR count). The van der Waals surface area contributed by atoms with Gasteiger partial charge < -0.3 is 15.0 Å². The van der Waals surface area contributed by atoms with Crippen LogP contribution >= 0.6 is 0 Å². The first-order valence-electron chi connectivity index (χ1n) is 7.52. The number of hydrogen-bond donors (Lipinski definition) is 1. The van der Waals surface area contributed by atoms with Crippen molar-refractivity contribution in [2.75, 3.05) is 26.2 Å². The summed E-state index contributed by atoms with van der Waals surface area (Å²) in [5, 5.41) is 3.29. The quantitative estimate of drug-likeness (QED) is 0.523. The molecule has 0 aliphatic carbocycles. The molecule has 1 aliphatic heterocycles. The van der Waals surface area contributed by atoms with Gasteiger partial charge in [-0.2, -0.15) is 0 Å². The number of rotatable bonds is 4. The summed E-state index contributed by atoms with van der Waals surface area (Å²) >= 11 is 0. The summed E-state index contributed by atoms with van der Waals surface area (Å²) in [6, 6.07) is 10.0. The van der Waals surface area contributed by atoms with Crippen molar-refractivity contribution in [3.8, 4) is 18.1 Å². The SMILES string of the molecule is C#CCN=C(NCC)N1CCC(Oc2ccccc2)CC1. The molecule has 0 spiro atoms. The molecule has 1 aromatic carbocycles. The van der Waals surface area contributed by atoms with Gasteiger partial charge in [-0.05, 0) is 19.1 Å². The highest BCUT2D eigenvalue weighted by Crippen LogP contribution is 2.18. The van der Waals surface area contributed by atoms with Crippen molar-refractivity contribution in [2.45, 2.75) is 25.9 Å². The molecule has 1 aliphatic rings. The Balaban J connectivity index is 1.85. The normalized spacial score (nSPS) is 16.4. The first-order chi connectivity index (χ1) is 10.3. The van der Waals surface area contributed by atoms with Crippen LogP contribution in [0.15, 0.2) is 35.3 Å². The van der Waals surface area contributed by atoms with Crippen LogP contribution in [-0.4, -0.2) is 43.1 Å². The maximum atomic E-state index is 6.01. The minimum atomic E-state index is 0.277. The number of guanidine groups is 1. The Morgan fingerprint density at radius 1 is 1.38 bits per heavy atom. The van der Waals surface area contributed by atoms with Crippen molar-refractivity contribution >= 4 is 5.96 Å².